The van der Waals surface area contributed by atoms with Crippen molar-refractivity contribution in [1.29, 1.82) is 0 Å². The third-order valence-electron chi connectivity index (χ3n) is 5.56. The summed E-state index contributed by atoms with van der Waals surface area (Å²) in [6.07, 6.45) is 4.89. The molecule has 0 radical (unpaired) electrons. The number of piperidine rings is 1. The largest absolute Gasteiger partial charge is 0.336 e. The summed E-state index contributed by atoms with van der Waals surface area (Å²) in [5, 5.41) is 7.31. The second-order valence-electron chi connectivity index (χ2n) is 7.68. The number of thiophene rings is 1. The van der Waals surface area contributed by atoms with Crippen LogP contribution < -0.4 is 0 Å². The number of nitrogens with one attached hydrogen (secondary N) is 1. The first kappa shape index (κ1) is 19.8. The maximum absolute atomic E-state index is 13.0. The van der Waals surface area contributed by atoms with Gasteiger partial charge in [-0.2, -0.15) is 5.10 Å². The predicted molar refractivity (Wildman–Crippen MR) is 116 cm³/mol. The number of aryl methyl sites for hydroxylation is 1. The quantitative estimate of drug-likeness (QED) is 0.675. The van der Waals surface area contributed by atoms with Crippen molar-refractivity contribution in [3.8, 4) is 10.6 Å². The number of hydrogen-bond acceptors (Lipinski definition) is 5. The zero-order chi connectivity index (χ0) is 20.2. The molecule has 4 rings (SSSR count). The van der Waals surface area contributed by atoms with Crippen LogP contribution in [0.4, 0.5) is 0 Å². The lowest BCUT2D eigenvalue weighted by Gasteiger charge is -2.37. The van der Waals surface area contributed by atoms with Gasteiger partial charge in [0, 0.05) is 48.9 Å². The number of aromatic amines is 1. The third-order valence-corrected chi connectivity index (χ3v) is 6.59. The molecule has 1 aliphatic heterocycles. The molecule has 7 heteroatoms. The van der Waals surface area contributed by atoms with E-state index in [0.717, 1.165) is 55.2 Å². The Morgan fingerprint density at radius 3 is 3.00 bits per heavy atom. The van der Waals surface area contributed by atoms with Crippen LogP contribution in [0.25, 0.3) is 10.6 Å². The Bertz CT molecular complexity index is 951. The number of hydrogen-bond donors (Lipinski definition) is 1. The van der Waals surface area contributed by atoms with E-state index in [1.807, 2.05) is 29.3 Å². The molecular formula is C22H27N5OS. The van der Waals surface area contributed by atoms with Crippen LogP contribution in [0.2, 0.25) is 0 Å². The normalized spacial score (nSPS) is 17.1. The molecule has 1 fully saturated rings. The minimum absolute atomic E-state index is 0.0172. The van der Waals surface area contributed by atoms with Gasteiger partial charge in [0.2, 0.25) is 0 Å². The number of likely N-dealkylation sites (N-methyl/N-ethyl adjacent to an activating group) is 1. The smallest absolute Gasteiger partial charge is 0.274 e. The summed E-state index contributed by atoms with van der Waals surface area (Å²) in [4.78, 5) is 24.1. The third kappa shape index (κ3) is 4.74. The van der Waals surface area contributed by atoms with Crippen LogP contribution in [0.1, 0.15) is 33.9 Å². The zero-order valence-electron chi connectivity index (χ0n) is 17.0. The molecule has 0 saturated carbocycles. The second kappa shape index (κ2) is 8.88. The predicted octanol–water partition coefficient (Wildman–Crippen LogP) is 3.62. The number of carbonyl (C=O) groups excluding carboxylic acids is 1. The molecule has 1 atom stereocenters. The van der Waals surface area contributed by atoms with Crippen molar-refractivity contribution >= 4 is 17.2 Å². The van der Waals surface area contributed by atoms with Crippen molar-refractivity contribution in [2.24, 2.45) is 0 Å². The van der Waals surface area contributed by atoms with Crippen LogP contribution >= 0.6 is 11.3 Å². The Hall–Kier alpha value is -2.51. The molecule has 0 spiro atoms. The van der Waals surface area contributed by atoms with E-state index in [2.05, 4.69) is 52.3 Å². The van der Waals surface area contributed by atoms with Crippen LogP contribution in [-0.2, 0) is 6.42 Å². The number of H-pyrrole nitrogens is 1. The summed E-state index contributed by atoms with van der Waals surface area (Å²) in [7, 11) is 2.15. The average Bonchev–Trinajstić information content (AvgIpc) is 3.41. The van der Waals surface area contributed by atoms with Crippen molar-refractivity contribution in [3.05, 3.63) is 58.9 Å². The molecule has 1 N–H and O–H groups in total. The molecular weight excluding hydrogens is 382 g/mol. The summed E-state index contributed by atoms with van der Waals surface area (Å²) in [5.74, 6) is 0.0172. The van der Waals surface area contributed by atoms with Gasteiger partial charge >= 0.3 is 0 Å². The van der Waals surface area contributed by atoms with Gasteiger partial charge in [-0.3, -0.25) is 14.9 Å². The highest BCUT2D eigenvalue weighted by atomic mass is 32.1. The van der Waals surface area contributed by atoms with Crippen molar-refractivity contribution in [2.75, 3.05) is 26.7 Å². The highest BCUT2D eigenvalue weighted by Gasteiger charge is 2.28. The monoisotopic (exact) mass is 409 g/mol. The standard InChI is InChI=1S/C22H27N5OS/c1-16-8-9-21(29-16)19-14-20(25-24-19)22(28)27-12-5-7-18(15-27)26(2)13-10-17-6-3-4-11-23-17/h3-4,6,8-9,11,14,18H,5,7,10,12-13,15H2,1-2H3,(H,24,25)/t18-/m0/s1. The summed E-state index contributed by atoms with van der Waals surface area (Å²) >= 11 is 1.70. The summed E-state index contributed by atoms with van der Waals surface area (Å²) in [6, 6.07) is 12.4. The Labute approximate surface area is 175 Å². The first-order valence-electron chi connectivity index (χ1n) is 10.1. The van der Waals surface area contributed by atoms with Gasteiger partial charge in [0.1, 0.15) is 0 Å². The number of carbonyl (C=O) groups is 1. The fourth-order valence-electron chi connectivity index (χ4n) is 3.82. The molecule has 0 aliphatic carbocycles. The van der Waals surface area contributed by atoms with Gasteiger partial charge in [0.15, 0.2) is 5.69 Å². The maximum atomic E-state index is 13.0. The maximum Gasteiger partial charge on any atom is 0.274 e. The molecule has 1 amide bonds. The second-order valence-corrected chi connectivity index (χ2v) is 8.96. The summed E-state index contributed by atoms with van der Waals surface area (Å²) in [6.45, 7) is 4.56. The van der Waals surface area contributed by atoms with Gasteiger partial charge in [-0.05, 0) is 57.1 Å². The minimum Gasteiger partial charge on any atom is -0.336 e. The summed E-state index contributed by atoms with van der Waals surface area (Å²) < 4.78 is 0. The minimum atomic E-state index is 0.0172. The van der Waals surface area contributed by atoms with Gasteiger partial charge in [-0.25, -0.2) is 0 Å². The summed E-state index contributed by atoms with van der Waals surface area (Å²) in [5.41, 5.74) is 2.52. The highest BCUT2D eigenvalue weighted by molar-refractivity contribution is 7.15. The van der Waals surface area contributed by atoms with Gasteiger partial charge in [0.05, 0.1) is 10.6 Å². The number of likely N-dealkylation sites (tertiary alicyclic amines) is 1. The van der Waals surface area contributed by atoms with Gasteiger partial charge < -0.3 is 9.80 Å². The molecule has 152 valence electrons. The first-order chi connectivity index (χ1) is 14.1. The van der Waals surface area contributed by atoms with Crippen LogP contribution in [0.5, 0.6) is 0 Å². The number of nitrogens with zero attached hydrogens (tertiary/aromatic N) is 4. The van der Waals surface area contributed by atoms with Crippen molar-refractivity contribution in [3.63, 3.8) is 0 Å². The van der Waals surface area contributed by atoms with Crippen molar-refractivity contribution in [1.82, 2.24) is 25.0 Å². The molecule has 3 aromatic rings. The van der Waals surface area contributed by atoms with E-state index in [0.29, 0.717) is 11.7 Å². The molecule has 1 aliphatic rings. The van der Waals surface area contributed by atoms with E-state index in [-0.39, 0.29) is 5.91 Å². The lowest BCUT2D eigenvalue weighted by atomic mass is 10.0. The van der Waals surface area contributed by atoms with Gasteiger partial charge in [0.25, 0.3) is 5.91 Å². The van der Waals surface area contributed by atoms with Crippen LogP contribution in [-0.4, -0.2) is 63.6 Å². The number of pyridine rings is 1. The van der Waals surface area contributed by atoms with Crippen LogP contribution in [0.3, 0.4) is 0 Å². The number of aromatic nitrogens is 3. The molecule has 1 saturated heterocycles. The van der Waals surface area contributed by atoms with Crippen molar-refractivity contribution < 1.29 is 4.79 Å². The lowest BCUT2D eigenvalue weighted by molar-refractivity contribution is 0.0605. The van der Waals surface area contributed by atoms with E-state index in [4.69, 9.17) is 0 Å². The Balaban J connectivity index is 1.36. The molecule has 6 nitrogen and oxygen atoms in total. The van der Waals surface area contributed by atoms with Crippen LogP contribution in [0, 0.1) is 6.92 Å². The number of rotatable bonds is 6. The lowest BCUT2D eigenvalue weighted by Crippen LogP contribution is -2.49. The van der Waals surface area contributed by atoms with E-state index >= 15 is 0 Å². The zero-order valence-corrected chi connectivity index (χ0v) is 17.8. The SMILES string of the molecule is Cc1ccc(-c2cc(C(=O)N3CCC[C@H](N(C)CCc4ccccn4)C3)n[nH]2)s1. The van der Waals surface area contributed by atoms with Gasteiger partial charge in [-0.15, -0.1) is 11.3 Å². The van der Waals surface area contributed by atoms with E-state index in [1.165, 1.54) is 4.88 Å². The molecule has 29 heavy (non-hydrogen) atoms. The Morgan fingerprint density at radius 2 is 2.24 bits per heavy atom. The Morgan fingerprint density at radius 1 is 1.34 bits per heavy atom. The average molecular weight is 410 g/mol. The first-order valence-corrected chi connectivity index (χ1v) is 10.9. The van der Waals surface area contributed by atoms with Gasteiger partial charge in [-0.1, -0.05) is 6.07 Å². The van der Waals surface area contributed by atoms with Crippen LogP contribution in [0.15, 0.2) is 42.6 Å². The van der Waals surface area contributed by atoms with E-state index in [9.17, 15) is 4.79 Å². The molecule has 0 aromatic carbocycles. The molecule has 0 bridgehead atoms. The molecule has 4 heterocycles. The molecule has 3 aromatic heterocycles. The van der Waals surface area contributed by atoms with E-state index < -0.39 is 0 Å². The fraction of sp³-hybridized carbons (Fsp3) is 0.409. The topological polar surface area (TPSA) is 65.1 Å². The number of amides is 1. The highest BCUT2D eigenvalue weighted by Crippen LogP contribution is 2.27. The van der Waals surface area contributed by atoms with E-state index in [1.54, 1.807) is 11.3 Å². The fourth-order valence-corrected chi connectivity index (χ4v) is 4.65. The Kier molecular flexibility index (Phi) is 6.06. The van der Waals surface area contributed by atoms with Crippen molar-refractivity contribution in [2.45, 2.75) is 32.2 Å². The molecule has 0 unspecified atom stereocenters.